The molecule has 0 aliphatic carbocycles. The third-order valence-electron chi connectivity index (χ3n) is 12.7. The molecule has 0 saturated carbocycles. The summed E-state index contributed by atoms with van der Waals surface area (Å²) in [5.41, 5.74) is -4.62. The molecular weight excluding hydrogens is 793 g/mol. The van der Waals surface area contributed by atoms with Crippen molar-refractivity contribution < 1.29 is 68.3 Å². The molecule has 18 atom stereocenters. The van der Waals surface area contributed by atoms with E-state index in [0.29, 0.717) is 6.42 Å². The Hall–Kier alpha value is -2.14. The van der Waals surface area contributed by atoms with Crippen molar-refractivity contribution in [1.29, 1.82) is 0 Å². The van der Waals surface area contributed by atoms with Crippen LogP contribution in [0.25, 0.3) is 0 Å². The molecule has 0 aromatic carbocycles. The Kier molecular flexibility index (Phi) is 16.7. The van der Waals surface area contributed by atoms with Crippen molar-refractivity contribution in [3.8, 4) is 11.2 Å². The standard InChI is InChI=1S/C40H70N4O14S/c1-15-26-40(10,50)31(46)21(4)28(42-58-37-41-36(51-13)43-59-37)19(2)17-38(8,49)33(57-35-29(45)25(44(11)12)16-20(3)53-35)22(5)30(23(6)34(48)55-26)56-27-18-39(9,52-14)32(47)24(7)54-27/h19-27,29-33,35,45-47,49-50H,15-18H2,1-14H3/b42-28+/t19-,20-,21+,22+,23-,24+,25+,26?,27+,29-,30?,31-,32+,33-,35+,38-,39-,40-/m1/s1. The van der Waals surface area contributed by atoms with Crippen LogP contribution < -0.4 is 9.57 Å². The van der Waals surface area contributed by atoms with E-state index in [1.54, 1.807) is 55.4 Å². The van der Waals surface area contributed by atoms with Gasteiger partial charge in [0.05, 0.1) is 60.5 Å². The number of hydrogen-bond donors (Lipinski definition) is 5. The van der Waals surface area contributed by atoms with Crippen LogP contribution in [0.5, 0.6) is 11.2 Å². The lowest BCUT2D eigenvalue weighted by molar-refractivity contribution is -0.317. The summed E-state index contributed by atoms with van der Waals surface area (Å²) in [6.45, 7) is 16.8. The highest BCUT2D eigenvalue weighted by molar-refractivity contribution is 7.07. The quantitative estimate of drug-likeness (QED) is 0.168. The molecule has 18 nitrogen and oxygen atoms in total. The van der Waals surface area contributed by atoms with Crippen molar-refractivity contribution in [3.05, 3.63) is 0 Å². The highest BCUT2D eigenvalue weighted by atomic mass is 32.1. The normalized spacial score (nSPS) is 45.2. The zero-order chi connectivity index (χ0) is 44.4. The number of rotatable bonds is 10. The molecule has 5 N–H and O–H groups in total. The van der Waals surface area contributed by atoms with Crippen molar-refractivity contribution in [3.63, 3.8) is 0 Å². The summed E-state index contributed by atoms with van der Waals surface area (Å²) in [7, 11) is 6.61. The second kappa shape index (κ2) is 19.9. The van der Waals surface area contributed by atoms with Crippen LogP contribution in [0, 0.1) is 23.7 Å². The molecule has 0 spiro atoms. The van der Waals surface area contributed by atoms with Gasteiger partial charge >= 0.3 is 17.2 Å². The van der Waals surface area contributed by atoms with Gasteiger partial charge in [-0.1, -0.05) is 32.9 Å². The first-order chi connectivity index (χ1) is 27.4. The van der Waals surface area contributed by atoms with Crippen molar-refractivity contribution >= 4 is 23.2 Å². The van der Waals surface area contributed by atoms with E-state index in [9.17, 15) is 30.3 Å². The summed E-state index contributed by atoms with van der Waals surface area (Å²) >= 11 is 0.895. The minimum atomic E-state index is -2.00. The fourth-order valence-corrected chi connectivity index (χ4v) is 9.46. The Balaban J connectivity index is 1.89. The first kappa shape index (κ1) is 49.5. The Morgan fingerprint density at radius 3 is 2.19 bits per heavy atom. The molecule has 1 aromatic heterocycles. The molecule has 2 unspecified atom stereocenters. The molecule has 3 fully saturated rings. The lowest BCUT2D eigenvalue weighted by Crippen LogP contribution is -2.61. The predicted molar refractivity (Wildman–Crippen MR) is 216 cm³/mol. The maximum Gasteiger partial charge on any atom is 0.331 e. The Morgan fingerprint density at radius 1 is 0.949 bits per heavy atom. The van der Waals surface area contributed by atoms with Gasteiger partial charge in [-0.3, -0.25) is 4.79 Å². The van der Waals surface area contributed by atoms with E-state index in [0.717, 1.165) is 11.5 Å². The first-order valence-electron chi connectivity index (χ1n) is 20.6. The number of hydrogen-bond acceptors (Lipinski definition) is 19. The number of aliphatic hydroxyl groups excluding tert-OH is 3. The number of cyclic esters (lactones) is 1. The number of carbonyl (C=O) groups is 1. The largest absolute Gasteiger partial charge is 0.466 e. The molecule has 1 aromatic rings. The minimum Gasteiger partial charge on any atom is -0.466 e. The van der Waals surface area contributed by atoms with E-state index in [4.69, 9.17) is 38.0 Å². The van der Waals surface area contributed by atoms with E-state index < -0.39 is 102 Å². The van der Waals surface area contributed by atoms with Crippen LogP contribution in [0.4, 0.5) is 0 Å². The van der Waals surface area contributed by atoms with E-state index in [1.165, 1.54) is 21.1 Å². The monoisotopic (exact) mass is 862 g/mol. The summed E-state index contributed by atoms with van der Waals surface area (Å²) in [6, 6.07) is -0.265. The van der Waals surface area contributed by atoms with Crippen LogP contribution in [-0.4, -0.2) is 164 Å². The number of aromatic nitrogens is 2. The predicted octanol–water partition coefficient (Wildman–Crippen LogP) is 2.51. The van der Waals surface area contributed by atoms with Gasteiger partial charge in [0, 0.05) is 48.9 Å². The molecule has 3 aliphatic rings. The van der Waals surface area contributed by atoms with Gasteiger partial charge in [0.25, 0.3) is 0 Å². The number of carbonyl (C=O) groups excluding carboxylic acids is 1. The second-order valence-corrected chi connectivity index (χ2v) is 18.4. The molecule has 0 radical (unpaired) electrons. The summed E-state index contributed by atoms with van der Waals surface area (Å²) in [4.78, 5) is 26.1. The van der Waals surface area contributed by atoms with Crippen LogP contribution in [-0.2, 0) is 33.2 Å². The molecule has 0 bridgehead atoms. The fourth-order valence-electron chi connectivity index (χ4n) is 9.00. The Bertz CT molecular complexity index is 1550. The van der Waals surface area contributed by atoms with Crippen molar-refractivity contribution in [1.82, 2.24) is 14.3 Å². The maximum absolute atomic E-state index is 14.4. The highest BCUT2D eigenvalue weighted by Gasteiger charge is 2.53. The molecule has 4 rings (SSSR count). The molecule has 59 heavy (non-hydrogen) atoms. The summed E-state index contributed by atoms with van der Waals surface area (Å²) in [5, 5.41) is 63.9. The number of nitrogens with zero attached hydrogens (tertiary/aromatic N) is 4. The van der Waals surface area contributed by atoms with Gasteiger partial charge in [-0.15, -0.1) is 9.36 Å². The Morgan fingerprint density at radius 2 is 1.61 bits per heavy atom. The van der Waals surface area contributed by atoms with Gasteiger partial charge in [-0.2, -0.15) is 0 Å². The molecule has 0 amide bonds. The van der Waals surface area contributed by atoms with Crippen LogP contribution in [0.3, 0.4) is 0 Å². The molecule has 3 aliphatic heterocycles. The highest BCUT2D eigenvalue weighted by Crippen LogP contribution is 2.41. The number of likely N-dealkylation sites (N-methyl/N-ethyl adjacent to an activating group) is 1. The third kappa shape index (κ3) is 11.1. The fraction of sp³-hybridized carbons (Fsp3) is 0.900. The number of ether oxygens (including phenoxy) is 7. The van der Waals surface area contributed by atoms with Gasteiger partial charge in [-0.05, 0) is 74.9 Å². The molecular formula is C40H70N4O14S. The second-order valence-electron chi connectivity index (χ2n) is 17.7. The van der Waals surface area contributed by atoms with Gasteiger partial charge in [0.2, 0.25) is 0 Å². The third-order valence-corrected chi connectivity index (χ3v) is 13.2. The van der Waals surface area contributed by atoms with Gasteiger partial charge in [0.15, 0.2) is 12.6 Å². The Labute approximate surface area is 352 Å². The van der Waals surface area contributed by atoms with Crippen LogP contribution in [0.15, 0.2) is 5.16 Å². The van der Waals surface area contributed by atoms with E-state index in [1.807, 2.05) is 25.9 Å². The summed E-state index contributed by atoms with van der Waals surface area (Å²) < 4.78 is 46.8. The van der Waals surface area contributed by atoms with Gasteiger partial charge in [-0.25, -0.2) is 0 Å². The number of oxime groups is 1. The van der Waals surface area contributed by atoms with Crippen molar-refractivity contribution in [2.24, 2.45) is 28.8 Å². The lowest BCUT2D eigenvalue weighted by atomic mass is 9.73. The molecule has 3 saturated heterocycles. The van der Waals surface area contributed by atoms with Gasteiger partial charge < -0.3 is 68.4 Å². The van der Waals surface area contributed by atoms with E-state index >= 15 is 0 Å². The number of aliphatic hydroxyl groups is 5. The van der Waals surface area contributed by atoms with Crippen LogP contribution in [0.1, 0.15) is 94.9 Å². The molecule has 340 valence electrons. The molecule has 4 heterocycles. The minimum absolute atomic E-state index is 0.0506. The van der Waals surface area contributed by atoms with Crippen molar-refractivity contribution in [2.75, 3.05) is 28.3 Å². The summed E-state index contributed by atoms with van der Waals surface area (Å²) in [5.74, 6) is -4.28. The average Bonchev–Trinajstić information content (AvgIpc) is 3.64. The topological polar surface area (TPSA) is 233 Å². The van der Waals surface area contributed by atoms with E-state index in [2.05, 4.69) is 14.5 Å². The SMILES string of the molecule is CCC1OC(=O)[C@H](C)C(O[C@H]2C[C@@](C)(OC)[C@@H](O)[C@H](C)O2)[C@H](C)[C@@H](O[C@@H]2O[C@H](C)C[C@H](N(C)C)[C@H]2O)[C@](C)(O)C[C@@H](C)/C(=N\Oc2nc(OC)ns2)[C@H](C)[C@@H](O)[C@]1(C)O. The average molecular weight is 863 g/mol. The summed E-state index contributed by atoms with van der Waals surface area (Å²) in [6.07, 6.45) is -9.73. The van der Waals surface area contributed by atoms with Gasteiger partial charge in [0.1, 0.15) is 23.9 Å². The first-order valence-corrected chi connectivity index (χ1v) is 21.3. The van der Waals surface area contributed by atoms with Crippen LogP contribution in [0.2, 0.25) is 0 Å². The van der Waals surface area contributed by atoms with Crippen LogP contribution >= 0.6 is 11.5 Å². The van der Waals surface area contributed by atoms with E-state index in [-0.39, 0.29) is 48.3 Å². The zero-order valence-electron chi connectivity index (χ0n) is 37.1. The van der Waals surface area contributed by atoms with Crippen molar-refractivity contribution in [2.45, 2.75) is 179 Å². The zero-order valence-corrected chi connectivity index (χ0v) is 37.9. The molecule has 19 heteroatoms. The lowest BCUT2D eigenvalue weighted by Gasteiger charge is -2.49. The smallest absolute Gasteiger partial charge is 0.331 e. The number of methoxy groups -OCH3 is 2. The maximum atomic E-state index is 14.4. The number of esters is 1.